The largest absolute Gasteiger partial charge is 1.00 e. The van der Waals surface area contributed by atoms with Crippen molar-refractivity contribution in [1.82, 2.24) is 0 Å². The van der Waals surface area contributed by atoms with Crippen molar-refractivity contribution in [2.45, 2.75) is 45.4 Å². The monoisotopic (exact) mass is 687 g/mol. The predicted octanol–water partition coefficient (Wildman–Crippen LogP) is 2.75. The van der Waals surface area contributed by atoms with Crippen molar-refractivity contribution in [2.24, 2.45) is 0 Å². The highest BCUT2D eigenvalue weighted by molar-refractivity contribution is 8.13. The van der Waals surface area contributed by atoms with Crippen LogP contribution in [0.25, 0.3) is 0 Å². The van der Waals surface area contributed by atoms with Gasteiger partial charge < -0.3 is 22.3 Å². The van der Waals surface area contributed by atoms with Crippen molar-refractivity contribution in [1.29, 1.82) is 0 Å². The quantitative estimate of drug-likeness (QED) is 0.0620. The molecule has 0 unspecified atom stereocenters. The third kappa shape index (κ3) is 8.51. The molecule has 0 aliphatic carbocycles. The second-order valence-corrected chi connectivity index (χ2v) is 12.4. The van der Waals surface area contributed by atoms with Crippen LogP contribution in [0.1, 0.15) is 29.6 Å². The van der Waals surface area contributed by atoms with Crippen molar-refractivity contribution in [3.05, 3.63) is 113 Å². The number of nitrogens with zero attached hydrogens (tertiary/aromatic N) is 2. The molecule has 42 heavy (non-hydrogen) atoms. The zero-order valence-corrected chi connectivity index (χ0v) is 26.2. The van der Waals surface area contributed by atoms with Crippen LogP contribution in [0.15, 0.2) is 117 Å². The maximum atomic E-state index is 13.1. The SMILES string of the molecule is O=C(CCCC[n+]1ccccc1)Sc1c(S)cccc1C(=O)Nc1ccc(S(=O)(=O)c2ccc([N+](=O)[O-])cc2)cc1.[Br-]. The molecular formula is C29H26BrN3O6S3. The van der Waals surface area contributed by atoms with Crippen LogP contribution in [0.3, 0.4) is 0 Å². The molecule has 0 aliphatic rings. The van der Waals surface area contributed by atoms with E-state index in [0.29, 0.717) is 28.3 Å². The van der Waals surface area contributed by atoms with Crippen LogP contribution in [-0.4, -0.2) is 24.4 Å². The molecule has 13 heteroatoms. The van der Waals surface area contributed by atoms with Crippen LogP contribution >= 0.6 is 24.4 Å². The third-order valence-corrected chi connectivity index (χ3v) is 9.44. The molecule has 0 spiro atoms. The van der Waals surface area contributed by atoms with Crippen LogP contribution in [-0.2, 0) is 21.2 Å². The first-order valence-electron chi connectivity index (χ1n) is 12.5. The number of amides is 1. The minimum absolute atomic E-state index is 0. The van der Waals surface area contributed by atoms with Crippen LogP contribution in [0.5, 0.6) is 0 Å². The second kappa shape index (κ2) is 15.1. The van der Waals surface area contributed by atoms with E-state index in [1.54, 1.807) is 18.2 Å². The molecular weight excluding hydrogens is 662 g/mol. The summed E-state index contributed by atoms with van der Waals surface area (Å²) in [7, 11) is -3.92. The fraction of sp³-hybridized carbons (Fsp3) is 0.138. The minimum Gasteiger partial charge on any atom is -1.00 e. The first-order valence-corrected chi connectivity index (χ1v) is 15.3. The molecule has 0 atom stereocenters. The second-order valence-electron chi connectivity index (χ2n) is 8.93. The highest BCUT2D eigenvalue weighted by Gasteiger charge is 2.20. The Morgan fingerprint density at radius 2 is 1.50 bits per heavy atom. The maximum absolute atomic E-state index is 13.1. The molecule has 1 heterocycles. The number of unbranched alkanes of at least 4 members (excludes halogenated alkanes) is 1. The van der Waals surface area contributed by atoms with Gasteiger partial charge in [-0.2, -0.15) is 0 Å². The van der Waals surface area contributed by atoms with Gasteiger partial charge in [-0.15, -0.1) is 12.6 Å². The fourth-order valence-corrected chi connectivity index (χ4v) is 6.44. The van der Waals surface area contributed by atoms with Gasteiger partial charge in [0.25, 0.3) is 11.6 Å². The molecule has 0 saturated heterocycles. The van der Waals surface area contributed by atoms with E-state index in [9.17, 15) is 28.1 Å². The van der Waals surface area contributed by atoms with Gasteiger partial charge >= 0.3 is 0 Å². The number of hydrogen-bond acceptors (Lipinski definition) is 8. The van der Waals surface area contributed by atoms with E-state index in [1.165, 1.54) is 36.4 Å². The summed E-state index contributed by atoms with van der Waals surface area (Å²) in [5.41, 5.74) is 0.412. The zero-order chi connectivity index (χ0) is 29.4. The number of halogens is 1. The van der Waals surface area contributed by atoms with Crippen molar-refractivity contribution in [3.63, 3.8) is 0 Å². The van der Waals surface area contributed by atoms with Crippen LogP contribution in [0.2, 0.25) is 0 Å². The van der Waals surface area contributed by atoms with E-state index in [2.05, 4.69) is 22.5 Å². The standard InChI is InChI=1S/C29H25N3O6S3.BrH/c33-27(9-2-5-20-31-18-3-1-4-19-31)40-28-25(7-6-8-26(28)39)29(34)30-21-10-14-23(15-11-21)41(37,38)24-16-12-22(13-17-24)32(35)36;/h1,3-4,6-8,10-19H,2,5,9,20H2,(H-,30,34,39);1H. The van der Waals surface area contributed by atoms with Gasteiger partial charge in [0, 0.05) is 52.6 Å². The number of anilines is 1. The Balaban J connectivity index is 0.00000484. The Labute approximate surface area is 263 Å². The molecule has 1 amide bonds. The number of hydrogen-bond donors (Lipinski definition) is 2. The number of thioether (sulfide) groups is 1. The fourth-order valence-electron chi connectivity index (χ4n) is 3.92. The summed E-state index contributed by atoms with van der Waals surface area (Å²) in [6, 6.07) is 21.0. The number of aryl methyl sites for hydroxylation is 1. The normalized spacial score (nSPS) is 10.9. The van der Waals surface area contributed by atoms with Gasteiger partial charge in [-0.05, 0) is 66.7 Å². The topological polar surface area (TPSA) is 127 Å². The minimum atomic E-state index is -3.92. The molecule has 0 radical (unpaired) electrons. The van der Waals surface area contributed by atoms with Crippen molar-refractivity contribution in [3.8, 4) is 0 Å². The van der Waals surface area contributed by atoms with Crippen LogP contribution < -0.4 is 26.9 Å². The third-order valence-electron chi connectivity index (χ3n) is 6.06. The summed E-state index contributed by atoms with van der Waals surface area (Å²) in [6.45, 7) is 0.809. The Kier molecular flexibility index (Phi) is 11.9. The van der Waals surface area contributed by atoms with Gasteiger partial charge in [-0.3, -0.25) is 19.7 Å². The molecule has 4 aromatic rings. The van der Waals surface area contributed by atoms with Gasteiger partial charge in [-0.1, -0.05) is 12.1 Å². The zero-order valence-electron chi connectivity index (χ0n) is 22.1. The van der Waals surface area contributed by atoms with Gasteiger partial charge in [-0.25, -0.2) is 13.0 Å². The van der Waals surface area contributed by atoms with Crippen LogP contribution in [0.4, 0.5) is 11.4 Å². The molecule has 0 aliphatic heterocycles. The van der Waals surface area contributed by atoms with E-state index in [0.717, 1.165) is 36.9 Å². The summed E-state index contributed by atoms with van der Waals surface area (Å²) in [5.74, 6) is -0.470. The number of aromatic nitrogens is 1. The van der Waals surface area contributed by atoms with E-state index in [4.69, 9.17) is 0 Å². The number of nitro groups is 1. The van der Waals surface area contributed by atoms with Crippen molar-refractivity contribution >= 4 is 56.6 Å². The lowest BCUT2D eigenvalue weighted by Gasteiger charge is -2.12. The lowest BCUT2D eigenvalue weighted by atomic mass is 10.2. The summed E-state index contributed by atoms with van der Waals surface area (Å²) in [5, 5.41) is 13.5. The van der Waals surface area contributed by atoms with Gasteiger partial charge in [0.05, 0.1) is 20.3 Å². The summed E-state index contributed by atoms with van der Waals surface area (Å²) >= 11 is 5.44. The summed E-state index contributed by atoms with van der Waals surface area (Å²) < 4.78 is 27.9. The molecule has 1 aromatic heterocycles. The molecule has 1 N–H and O–H groups in total. The number of nitrogens with one attached hydrogen (secondary N) is 1. The lowest BCUT2D eigenvalue weighted by Crippen LogP contribution is -3.00. The molecule has 0 saturated carbocycles. The van der Waals surface area contributed by atoms with E-state index in [1.807, 2.05) is 30.6 Å². The lowest BCUT2D eigenvalue weighted by molar-refractivity contribution is -0.697. The Bertz CT molecular complexity index is 1670. The summed E-state index contributed by atoms with van der Waals surface area (Å²) in [4.78, 5) is 36.9. The average molecular weight is 689 g/mol. The number of pyridine rings is 1. The van der Waals surface area contributed by atoms with E-state index in [-0.39, 0.29) is 43.1 Å². The number of rotatable bonds is 11. The highest BCUT2D eigenvalue weighted by Crippen LogP contribution is 2.32. The molecule has 0 bridgehead atoms. The number of non-ortho nitro benzene ring substituents is 1. The maximum Gasteiger partial charge on any atom is 0.269 e. The Morgan fingerprint density at radius 1 is 0.881 bits per heavy atom. The molecule has 4 rings (SSSR count). The van der Waals surface area contributed by atoms with Crippen molar-refractivity contribution < 1.29 is 44.5 Å². The van der Waals surface area contributed by atoms with Gasteiger partial charge in [0.1, 0.15) is 6.54 Å². The molecule has 3 aromatic carbocycles. The first kappa shape index (κ1) is 33.0. The smallest absolute Gasteiger partial charge is 0.269 e. The predicted molar refractivity (Wildman–Crippen MR) is 158 cm³/mol. The highest BCUT2D eigenvalue weighted by atomic mass is 79.9. The number of nitro benzene ring substituents is 1. The average Bonchev–Trinajstić information content (AvgIpc) is 2.97. The van der Waals surface area contributed by atoms with Gasteiger partial charge in [0.15, 0.2) is 17.5 Å². The first-order chi connectivity index (χ1) is 19.6. The Hall–Kier alpha value is -3.52. The molecule has 9 nitrogen and oxygen atoms in total. The van der Waals surface area contributed by atoms with E-state index < -0.39 is 20.7 Å². The molecule has 218 valence electrons. The number of carbonyl (C=O) groups excluding carboxylic acids is 2. The number of carbonyl (C=O) groups is 2. The van der Waals surface area contributed by atoms with Crippen molar-refractivity contribution in [2.75, 3.05) is 5.32 Å². The number of sulfone groups is 1. The van der Waals surface area contributed by atoms with Crippen LogP contribution in [0, 0.1) is 10.1 Å². The van der Waals surface area contributed by atoms with E-state index >= 15 is 0 Å². The number of thiol groups is 1. The Morgan fingerprint density at radius 3 is 2.12 bits per heavy atom. The van der Waals surface area contributed by atoms with Gasteiger partial charge in [0.2, 0.25) is 9.84 Å². The number of benzene rings is 3. The molecule has 0 fully saturated rings. The summed E-state index contributed by atoms with van der Waals surface area (Å²) in [6.07, 6.45) is 5.85.